The Morgan fingerprint density at radius 3 is 2.24 bits per heavy atom. The van der Waals surface area contributed by atoms with E-state index in [9.17, 15) is 13.2 Å². The Balaban J connectivity index is 2.72. The topological polar surface area (TPSA) is 78.9 Å². The number of ether oxygens (including phenoxy) is 2. The van der Waals surface area contributed by atoms with Gasteiger partial charge in [0.15, 0.2) is 0 Å². The lowest BCUT2D eigenvalue weighted by atomic mass is 10.2. The second kappa shape index (κ2) is 5.65. The first-order valence-corrected chi connectivity index (χ1v) is 6.17. The fourth-order valence-corrected chi connectivity index (χ4v) is 1.77. The lowest BCUT2D eigenvalue weighted by Gasteiger charge is -2.04. The summed E-state index contributed by atoms with van der Waals surface area (Å²) < 4.78 is 35.7. The molecule has 0 atom stereocenters. The molecule has 1 aromatic carbocycles. The minimum Gasteiger partial charge on any atom is -0.437 e. The number of benzene rings is 1. The minimum atomic E-state index is -3.55. The molecular weight excluding hydrogens is 248 g/mol. The zero-order valence-electron chi connectivity index (χ0n) is 9.37. The summed E-state index contributed by atoms with van der Waals surface area (Å²) in [6, 6.07) is 5.98. The molecule has 0 spiro atoms. The maximum Gasteiger partial charge on any atom is 0.513 e. The second-order valence-corrected chi connectivity index (χ2v) is 4.81. The molecule has 0 aliphatic rings. The molecule has 1 aromatic rings. The Bertz CT molecular complexity index is 476. The summed E-state index contributed by atoms with van der Waals surface area (Å²) in [5.41, 5.74) is 0.532. The van der Waals surface area contributed by atoms with Crippen molar-refractivity contribution in [2.24, 2.45) is 0 Å². The molecule has 0 N–H and O–H groups in total. The molecule has 0 radical (unpaired) electrons. The van der Waals surface area contributed by atoms with Crippen LogP contribution in [0.25, 0.3) is 0 Å². The van der Waals surface area contributed by atoms with Crippen molar-refractivity contribution in [1.29, 1.82) is 0 Å². The number of carbonyl (C=O) groups excluding carboxylic acids is 1. The van der Waals surface area contributed by atoms with Gasteiger partial charge in [-0.25, -0.2) is 4.79 Å². The molecule has 0 fully saturated rings. The number of hydrogen-bond donors (Lipinski definition) is 0. The molecule has 0 saturated carbocycles. The summed E-state index contributed by atoms with van der Waals surface area (Å²) in [5, 5.41) is 0. The van der Waals surface area contributed by atoms with Gasteiger partial charge in [0.05, 0.1) is 14.2 Å². The number of hydrogen-bond acceptors (Lipinski definition) is 6. The van der Waals surface area contributed by atoms with Crippen molar-refractivity contribution in [3.05, 3.63) is 29.8 Å². The van der Waals surface area contributed by atoms with Crippen LogP contribution >= 0.6 is 0 Å². The van der Waals surface area contributed by atoms with Crippen molar-refractivity contribution in [3.63, 3.8) is 0 Å². The van der Waals surface area contributed by atoms with Gasteiger partial charge >= 0.3 is 6.16 Å². The quantitative estimate of drug-likeness (QED) is 0.461. The summed E-state index contributed by atoms with van der Waals surface area (Å²) in [7, 11) is -1.25. The van der Waals surface area contributed by atoms with Crippen molar-refractivity contribution in [2.45, 2.75) is 5.75 Å². The SMILES string of the molecule is COC(=O)Oc1ccc(CS(=O)(=O)OC)cc1. The fourth-order valence-electron chi connectivity index (χ4n) is 1.05. The summed E-state index contributed by atoms with van der Waals surface area (Å²) >= 11 is 0. The highest BCUT2D eigenvalue weighted by Crippen LogP contribution is 2.15. The zero-order chi connectivity index (χ0) is 12.9. The van der Waals surface area contributed by atoms with Crippen LogP contribution in [0.15, 0.2) is 24.3 Å². The van der Waals surface area contributed by atoms with Crippen molar-refractivity contribution in [1.82, 2.24) is 0 Å². The molecular formula is C10H12O6S. The standard InChI is InChI=1S/C10H12O6S/c1-14-10(11)16-9-5-3-8(4-6-9)7-17(12,13)15-2/h3-6H,7H2,1-2H3. The smallest absolute Gasteiger partial charge is 0.437 e. The maximum atomic E-state index is 11.2. The first-order chi connectivity index (χ1) is 7.96. The predicted octanol–water partition coefficient (Wildman–Crippen LogP) is 1.31. The first kappa shape index (κ1) is 13.5. The summed E-state index contributed by atoms with van der Waals surface area (Å²) in [6.07, 6.45) is -0.831. The summed E-state index contributed by atoms with van der Waals surface area (Å²) in [4.78, 5) is 10.8. The molecule has 0 saturated heterocycles. The Morgan fingerprint density at radius 2 is 1.76 bits per heavy atom. The molecule has 6 nitrogen and oxygen atoms in total. The van der Waals surface area contributed by atoms with Gasteiger partial charge < -0.3 is 9.47 Å². The Kier molecular flexibility index (Phi) is 4.47. The predicted molar refractivity (Wildman–Crippen MR) is 59.1 cm³/mol. The van der Waals surface area contributed by atoms with E-state index in [2.05, 4.69) is 8.92 Å². The molecule has 0 aliphatic heterocycles. The monoisotopic (exact) mass is 260 g/mol. The van der Waals surface area contributed by atoms with E-state index in [0.29, 0.717) is 5.56 Å². The molecule has 0 unspecified atom stereocenters. The van der Waals surface area contributed by atoms with Gasteiger partial charge in [0.2, 0.25) is 0 Å². The molecule has 0 bridgehead atoms. The molecule has 17 heavy (non-hydrogen) atoms. The van der Waals surface area contributed by atoms with Gasteiger partial charge in [-0.2, -0.15) is 8.42 Å². The molecule has 94 valence electrons. The van der Waals surface area contributed by atoms with Crippen LogP contribution in [0.4, 0.5) is 4.79 Å². The van der Waals surface area contributed by atoms with Gasteiger partial charge in [-0.3, -0.25) is 4.18 Å². The molecule has 0 aliphatic carbocycles. The van der Waals surface area contributed by atoms with Gasteiger partial charge in [0, 0.05) is 0 Å². The molecule has 0 aromatic heterocycles. The van der Waals surface area contributed by atoms with E-state index < -0.39 is 16.3 Å². The van der Waals surface area contributed by atoms with Crippen LogP contribution in [0.1, 0.15) is 5.56 Å². The molecule has 0 heterocycles. The first-order valence-electron chi connectivity index (χ1n) is 4.60. The highest BCUT2D eigenvalue weighted by molar-refractivity contribution is 7.85. The molecule has 0 amide bonds. The zero-order valence-corrected chi connectivity index (χ0v) is 10.2. The third-order valence-electron chi connectivity index (χ3n) is 1.89. The maximum absolute atomic E-state index is 11.2. The van der Waals surface area contributed by atoms with Crippen molar-refractivity contribution < 1.29 is 26.9 Å². The Labute approximate surface area is 99.2 Å². The number of carbonyl (C=O) groups is 1. The van der Waals surface area contributed by atoms with Crippen LogP contribution in [0.2, 0.25) is 0 Å². The number of rotatable bonds is 4. The van der Waals surface area contributed by atoms with Crippen molar-refractivity contribution in [3.8, 4) is 5.75 Å². The summed E-state index contributed by atoms with van der Waals surface area (Å²) in [6.45, 7) is 0. The van der Waals surface area contributed by atoms with E-state index in [1.807, 2.05) is 0 Å². The van der Waals surface area contributed by atoms with E-state index in [-0.39, 0.29) is 11.5 Å². The van der Waals surface area contributed by atoms with Gasteiger partial charge in [0.25, 0.3) is 10.1 Å². The van der Waals surface area contributed by atoms with E-state index in [4.69, 9.17) is 4.74 Å². The number of methoxy groups -OCH3 is 1. The van der Waals surface area contributed by atoms with Crippen LogP contribution in [-0.4, -0.2) is 28.8 Å². The summed E-state index contributed by atoms with van der Waals surface area (Å²) in [5.74, 6) is 0.0394. The van der Waals surface area contributed by atoms with Gasteiger partial charge in [-0.1, -0.05) is 12.1 Å². The van der Waals surface area contributed by atoms with E-state index in [1.165, 1.54) is 31.4 Å². The van der Waals surface area contributed by atoms with E-state index >= 15 is 0 Å². The highest BCUT2D eigenvalue weighted by atomic mass is 32.2. The largest absolute Gasteiger partial charge is 0.513 e. The fraction of sp³-hybridized carbons (Fsp3) is 0.300. The van der Waals surface area contributed by atoms with Crippen molar-refractivity contribution >= 4 is 16.3 Å². The van der Waals surface area contributed by atoms with Crippen LogP contribution in [0.3, 0.4) is 0 Å². The Morgan fingerprint density at radius 1 is 1.18 bits per heavy atom. The lowest BCUT2D eigenvalue weighted by molar-refractivity contribution is 0.121. The van der Waals surface area contributed by atoms with Crippen LogP contribution < -0.4 is 4.74 Å². The molecule has 7 heteroatoms. The van der Waals surface area contributed by atoms with Gasteiger partial charge in [0.1, 0.15) is 11.5 Å². The average Bonchev–Trinajstić information content (AvgIpc) is 2.31. The van der Waals surface area contributed by atoms with E-state index in [1.54, 1.807) is 0 Å². The minimum absolute atomic E-state index is 0.234. The third kappa shape index (κ3) is 4.41. The van der Waals surface area contributed by atoms with Gasteiger partial charge in [-0.05, 0) is 17.7 Å². The normalized spacial score (nSPS) is 10.9. The van der Waals surface area contributed by atoms with E-state index in [0.717, 1.165) is 7.11 Å². The highest BCUT2D eigenvalue weighted by Gasteiger charge is 2.10. The van der Waals surface area contributed by atoms with Crippen LogP contribution in [-0.2, 0) is 24.8 Å². The van der Waals surface area contributed by atoms with Crippen LogP contribution in [0, 0.1) is 0 Å². The van der Waals surface area contributed by atoms with Crippen LogP contribution in [0.5, 0.6) is 5.75 Å². The lowest BCUT2D eigenvalue weighted by Crippen LogP contribution is -2.08. The molecule has 1 rings (SSSR count). The third-order valence-corrected chi connectivity index (χ3v) is 3.08. The van der Waals surface area contributed by atoms with Crippen molar-refractivity contribution in [2.75, 3.05) is 14.2 Å². The van der Waals surface area contributed by atoms with Gasteiger partial charge in [-0.15, -0.1) is 0 Å². The second-order valence-electron chi connectivity index (χ2n) is 3.07. The average molecular weight is 260 g/mol. The Hall–Kier alpha value is -1.60.